The summed E-state index contributed by atoms with van der Waals surface area (Å²) >= 11 is 0. The average Bonchev–Trinajstić information content (AvgIpc) is 2.90. The van der Waals surface area contributed by atoms with Crippen LogP contribution in [0.5, 0.6) is 5.75 Å². The van der Waals surface area contributed by atoms with Crippen molar-refractivity contribution in [1.82, 2.24) is 0 Å². The van der Waals surface area contributed by atoms with Gasteiger partial charge in [0.1, 0.15) is 28.9 Å². The highest BCUT2D eigenvalue weighted by molar-refractivity contribution is 7.95. The van der Waals surface area contributed by atoms with E-state index in [1.807, 2.05) is 12.1 Å². The molecule has 5 aromatic rings. The van der Waals surface area contributed by atoms with Crippen LogP contribution in [-0.2, 0) is 6.16 Å². The van der Waals surface area contributed by atoms with E-state index in [1.54, 1.807) is 12.1 Å². The van der Waals surface area contributed by atoms with Gasteiger partial charge in [0.25, 0.3) is 0 Å². The Hall–Kier alpha value is -3.67. The van der Waals surface area contributed by atoms with Gasteiger partial charge in [-0.1, -0.05) is 91.0 Å². The van der Waals surface area contributed by atoms with Crippen molar-refractivity contribution in [2.75, 3.05) is 0 Å². The van der Waals surface area contributed by atoms with E-state index in [0.717, 1.165) is 11.7 Å². The lowest BCUT2D eigenvalue weighted by atomic mass is 10.0. The summed E-state index contributed by atoms with van der Waals surface area (Å²) in [6.45, 7) is 0. The molecule has 33 heavy (non-hydrogen) atoms. The van der Waals surface area contributed by atoms with Crippen LogP contribution < -0.4 is 15.9 Å². The highest BCUT2D eigenvalue weighted by atomic mass is 31.2. The topological polar surface area (TPSA) is 20.2 Å². The first-order chi connectivity index (χ1) is 16.3. The summed E-state index contributed by atoms with van der Waals surface area (Å²) in [7, 11) is -1.98. The van der Waals surface area contributed by atoms with Crippen LogP contribution >= 0.6 is 7.26 Å². The van der Waals surface area contributed by atoms with Crippen molar-refractivity contribution in [3.63, 3.8) is 0 Å². The Labute approximate surface area is 196 Å². The minimum atomic E-state index is -1.98. The fourth-order valence-corrected chi connectivity index (χ4v) is 8.88. The highest BCUT2D eigenvalue weighted by Crippen LogP contribution is 2.58. The predicted octanol–water partition coefficient (Wildman–Crippen LogP) is 6.55. The minimum Gasteiger partial charge on any atom is -0.508 e. The van der Waals surface area contributed by atoms with Crippen LogP contribution in [0.3, 0.4) is 0 Å². The summed E-state index contributed by atoms with van der Waals surface area (Å²) in [5.74, 6) is 0.288. The third-order valence-corrected chi connectivity index (χ3v) is 10.5. The van der Waals surface area contributed by atoms with Crippen LogP contribution in [0.2, 0.25) is 0 Å². The SMILES string of the molecule is Oc1ccc(-c2ccccc2C[P+](c2ccccc2)(c2ccccc2)c2ccccc2)cc1. The molecule has 0 fully saturated rings. The van der Waals surface area contributed by atoms with Gasteiger partial charge in [-0.05, 0) is 65.2 Å². The number of hydrogen-bond acceptors (Lipinski definition) is 1. The highest BCUT2D eigenvalue weighted by Gasteiger charge is 2.45. The molecule has 0 saturated heterocycles. The molecule has 0 aliphatic carbocycles. The molecule has 1 N–H and O–H groups in total. The van der Waals surface area contributed by atoms with Gasteiger partial charge < -0.3 is 5.11 Å². The zero-order chi connectivity index (χ0) is 22.5. The first-order valence-corrected chi connectivity index (χ1v) is 13.2. The molecule has 0 unspecified atom stereocenters. The fraction of sp³-hybridized carbons (Fsp3) is 0.0323. The minimum absolute atomic E-state index is 0.288. The summed E-state index contributed by atoms with van der Waals surface area (Å²) in [6, 6.07) is 49.2. The molecule has 0 radical (unpaired) electrons. The zero-order valence-corrected chi connectivity index (χ0v) is 19.3. The van der Waals surface area contributed by atoms with E-state index in [1.165, 1.54) is 27.0 Å². The maximum absolute atomic E-state index is 9.81. The van der Waals surface area contributed by atoms with Crippen LogP contribution in [0, 0.1) is 0 Å². The van der Waals surface area contributed by atoms with Gasteiger partial charge in [-0.15, -0.1) is 0 Å². The van der Waals surface area contributed by atoms with E-state index < -0.39 is 7.26 Å². The molecule has 0 atom stereocenters. The first-order valence-electron chi connectivity index (χ1n) is 11.2. The third kappa shape index (κ3) is 4.21. The molecule has 0 heterocycles. The number of aromatic hydroxyl groups is 1. The summed E-state index contributed by atoms with van der Waals surface area (Å²) < 4.78 is 0. The van der Waals surface area contributed by atoms with E-state index in [9.17, 15) is 5.11 Å². The van der Waals surface area contributed by atoms with Crippen LogP contribution in [0.25, 0.3) is 11.1 Å². The van der Waals surface area contributed by atoms with Crippen molar-refractivity contribution in [1.29, 1.82) is 0 Å². The average molecular weight is 446 g/mol. The first kappa shape index (κ1) is 21.2. The lowest BCUT2D eigenvalue weighted by Crippen LogP contribution is -2.32. The molecule has 2 heteroatoms. The Balaban J connectivity index is 1.76. The molecule has 0 amide bonds. The largest absolute Gasteiger partial charge is 0.508 e. The summed E-state index contributed by atoms with van der Waals surface area (Å²) in [6.07, 6.45) is 0.919. The normalized spacial score (nSPS) is 11.3. The van der Waals surface area contributed by atoms with Crippen LogP contribution in [0.15, 0.2) is 140 Å². The van der Waals surface area contributed by atoms with Gasteiger partial charge in [-0.2, -0.15) is 0 Å². The molecule has 0 spiro atoms. The molecule has 1 nitrogen and oxygen atoms in total. The van der Waals surface area contributed by atoms with E-state index in [-0.39, 0.29) is 5.75 Å². The second-order valence-electron chi connectivity index (χ2n) is 8.18. The molecule has 160 valence electrons. The van der Waals surface area contributed by atoms with Crippen molar-refractivity contribution in [3.05, 3.63) is 145 Å². The number of benzene rings is 5. The molecular formula is C31H26OP+. The van der Waals surface area contributed by atoms with E-state index in [0.29, 0.717) is 0 Å². The Morgan fingerprint density at radius 2 is 0.879 bits per heavy atom. The van der Waals surface area contributed by atoms with Gasteiger partial charge in [-0.25, -0.2) is 0 Å². The molecule has 0 saturated carbocycles. The van der Waals surface area contributed by atoms with Crippen LogP contribution in [0.1, 0.15) is 5.56 Å². The van der Waals surface area contributed by atoms with Crippen molar-refractivity contribution in [2.24, 2.45) is 0 Å². The number of rotatable bonds is 6. The molecule has 5 aromatic carbocycles. The molecular weight excluding hydrogens is 419 g/mol. The summed E-state index contributed by atoms with van der Waals surface area (Å²) in [4.78, 5) is 0. The Bertz CT molecular complexity index is 1220. The Kier molecular flexibility index (Phi) is 6.07. The zero-order valence-electron chi connectivity index (χ0n) is 18.4. The molecule has 0 aromatic heterocycles. The van der Waals surface area contributed by atoms with Crippen molar-refractivity contribution in [3.8, 4) is 16.9 Å². The van der Waals surface area contributed by atoms with Crippen molar-refractivity contribution >= 4 is 23.2 Å². The number of phenolic OH excluding ortho intramolecular Hbond substituents is 1. The lowest BCUT2D eigenvalue weighted by Gasteiger charge is -2.28. The van der Waals surface area contributed by atoms with Gasteiger partial charge >= 0.3 is 0 Å². The van der Waals surface area contributed by atoms with Gasteiger partial charge in [0.15, 0.2) is 0 Å². The van der Waals surface area contributed by atoms with Gasteiger partial charge in [-0.3, -0.25) is 0 Å². The van der Waals surface area contributed by atoms with Crippen molar-refractivity contribution < 1.29 is 5.11 Å². The Morgan fingerprint density at radius 1 is 0.455 bits per heavy atom. The van der Waals surface area contributed by atoms with E-state index in [4.69, 9.17) is 0 Å². The van der Waals surface area contributed by atoms with Crippen LogP contribution in [-0.4, -0.2) is 5.11 Å². The number of phenols is 1. The second kappa shape index (κ2) is 9.45. The summed E-state index contributed by atoms with van der Waals surface area (Å²) in [5, 5.41) is 13.9. The molecule has 0 aliphatic rings. The maximum Gasteiger partial charge on any atom is 0.116 e. The second-order valence-corrected chi connectivity index (χ2v) is 11.7. The molecule has 0 aliphatic heterocycles. The molecule has 5 rings (SSSR count). The lowest BCUT2D eigenvalue weighted by molar-refractivity contribution is 0.475. The standard InChI is InChI=1S/C31H25OP/c32-27-22-20-25(21-23-27)31-19-11-10-12-26(31)24-33(28-13-4-1-5-14-28,29-15-6-2-7-16-29)30-17-8-3-9-18-30/h1-23H,24H2/p+1. The van der Waals surface area contributed by atoms with E-state index in [2.05, 4.69) is 115 Å². The fourth-order valence-electron chi connectivity index (χ4n) is 4.60. The van der Waals surface area contributed by atoms with Crippen LogP contribution in [0.4, 0.5) is 0 Å². The van der Waals surface area contributed by atoms with Gasteiger partial charge in [0.05, 0.1) is 6.16 Å². The smallest absolute Gasteiger partial charge is 0.116 e. The third-order valence-electron chi connectivity index (χ3n) is 6.19. The molecule has 0 bridgehead atoms. The monoisotopic (exact) mass is 445 g/mol. The van der Waals surface area contributed by atoms with E-state index >= 15 is 0 Å². The van der Waals surface area contributed by atoms with Gasteiger partial charge in [0.2, 0.25) is 0 Å². The Morgan fingerprint density at radius 3 is 1.36 bits per heavy atom. The summed E-state index contributed by atoms with van der Waals surface area (Å²) in [5.41, 5.74) is 3.65. The number of hydrogen-bond donors (Lipinski definition) is 1. The van der Waals surface area contributed by atoms with Gasteiger partial charge in [0, 0.05) is 0 Å². The quantitative estimate of drug-likeness (QED) is 0.294. The predicted molar refractivity (Wildman–Crippen MR) is 142 cm³/mol. The maximum atomic E-state index is 9.81. The van der Waals surface area contributed by atoms with Crippen molar-refractivity contribution in [2.45, 2.75) is 6.16 Å².